The number of benzene rings is 1. The molecule has 1 aromatic rings. The van der Waals surface area contributed by atoms with Gasteiger partial charge in [-0.05, 0) is 43.0 Å². The molecule has 0 aliphatic heterocycles. The molecule has 7 heteroatoms. The number of hydrogen-bond acceptors (Lipinski definition) is 3. The number of halogens is 1. The van der Waals surface area contributed by atoms with Crippen LogP contribution in [0.5, 0.6) is 0 Å². The summed E-state index contributed by atoms with van der Waals surface area (Å²) in [5.41, 5.74) is 0.445. The van der Waals surface area contributed by atoms with E-state index < -0.39 is 27.9 Å². The molecule has 1 rings (SSSR count). The Hall–Kier alpha value is -1.47. The zero-order valence-electron chi connectivity index (χ0n) is 11.6. The van der Waals surface area contributed by atoms with Crippen LogP contribution < -0.4 is 4.72 Å². The molecule has 0 aliphatic carbocycles. The molecule has 0 aromatic heterocycles. The van der Waals surface area contributed by atoms with E-state index in [9.17, 15) is 17.6 Å². The maximum atomic E-state index is 13.3. The normalized spacial score (nSPS) is 13.4. The van der Waals surface area contributed by atoms with Crippen molar-refractivity contribution in [3.8, 4) is 0 Å². The van der Waals surface area contributed by atoms with Crippen LogP contribution in [0.2, 0.25) is 0 Å². The lowest BCUT2D eigenvalue weighted by Crippen LogP contribution is -2.41. The van der Waals surface area contributed by atoms with Gasteiger partial charge in [0.25, 0.3) is 0 Å². The predicted molar refractivity (Wildman–Crippen MR) is 72.3 cm³/mol. The Morgan fingerprint density at radius 3 is 2.40 bits per heavy atom. The molecule has 0 unspecified atom stereocenters. The van der Waals surface area contributed by atoms with Gasteiger partial charge < -0.3 is 5.11 Å². The molecule has 0 saturated carbocycles. The van der Waals surface area contributed by atoms with Gasteiger partial charge in [-0.15, -0.1) is 0 Å². The van der Waals surface area contributed by atoms with Crippen LogP contribution >= 0.6 is 0 Å². The molecule has 112 valence electrons. The number of hydrogen-bond donors (Lipinski definition) is 2. The molecule has 1 atom stereocenters. The van der Waals surface area contributed by atoms with Crippen molar-refractivity contribution in [2.45, 2.75) is 38.1 Å². The van der Waals surface area contributed by atoms with E-state index in [1.165, 1.54) is 12.1 Å². The van der Waals surface area contributed by atoms with E-state index in [4.69, 9.17) is 5.11 Å². The SMILES string of the molecule is Cc1cc(F)cc(S(=O)(=O)N[C@@H](CC(C)C)C(=O)O)c1. The van der Waals surface area contributed by atoms with Crippen LogP contribution in [0, 0.1) is 18.7 Å². The highest BCUT2D eigenvalue weighted by Crippen LogP contribution is 2.15. The largest absolute Gasteiger partial charge is 0.480 e. The Bertz CT molecular complexity index is 578. The molecule has 2 N–H and O–H groups in total. The smallest absolute Gasteiger partial charge is 0.321 e. The van der Waals surface area contributed by atoms with Crippen molar-refractivity contribution in [1.29, 1.82) is 0 Å². The fourth-order valence-corrected chi connectivity index (χ4v) is 3.10. The second-order valence-corrected chi connectivity index (χ2v) is 6.82. The molecule has 20 heavy (non-hydrogen) atoms. The standard InChI is InChI=1S/C13H18FNO4S/c1-8(2)4-12(13(16)17)15-20(18,19)11-6-9(3)5-10(14)7-11/h5-8,12,15H,4H2,1-3H3,(H,16,17)/t12-/m0/s1. The minimum atomic E-state index is -4.07. The third kappa shape index (κ3) is 4.57. The first kappa shape index (κ1) is 16.6. The zero-order valence-corrected chi connectivity index (χ0v) is 12.4. The summed E-state index contributed by atoms with van der Waals surface area (Å²) in [5, 5.41) is 9.04. The minimum Gasteiger partial charge on any atom is -0.480 e. The van der Waals surface area contributed by atoms with Gasteiger partial charge in [-0.25, -0.2) is 12.8 Å². The molecule has 0 bridgehead atoms. The van der Waals surface area contributed by atoms with Crippen LogP contribution in [0.4, 0.5) is 4.39 Å². The summed E-state index contributed by atoms with van der Waals surface area (Å²) >= 11 is 0. The second-order valence-electron chi connectivity index (χ2n) is 5.11. The molecule has 0 heterocycles. The first-order chi connectivity index (χ1) is 9.11. The number of carbonyl (C=O) groups is 1. The van der Waals surface area contributed by atoms with Gasteiger partial charge in [0, 0.05) is 0 Å². The number of nitrogens with one attached hydrogen (secondary N) is 1. The third-order valence-electron chi connectivity index (χ3n) is 2.63. The van der Waals surface area contributed by atoms with Crippen molar-refractivity contribution in [3.63, 3.8) is 0 Å². The molecule has 0 saturated heterocycles. The fraction of sp³-hybridized carbons (Fsp3) is 0.462. The highest BCUT2D eigenvalue weighted by Gasteiger charge is 2.26. The van der Waals surface area contributed by atoms with Crippen molar-refractivity contribution >= 4 is 16.0 Å². The number of aliphatic carboxylic acids is 1. The Morgan fingerprint density at radius 1 is 1.35 bits per heavy atom. The molecule has 0 aliphatic rings. The van der Waals surface area contributed by atoms with Gasteiger partial charge in [-0.2, -0.15) is 4.72 Å². The van der Waals surface area contributed by atoms with E-state index in [-0.39, 0.29) is 17.2 Å². The number of aryl methyl sites for hydroxylation is 1. The van der Waals surface area contributed by atoms with Crippen molar-refractivity contribution in [3.05, 3.63) is 29.6 Å². The van der Waals surface area contributed by atoms with Gasteiger partial charge in [0.1, 0.15) is 11.9 Å². The van der Waals surface area contributed by atoms with Crippen LogP contribution in [0.1, 0.15) is 25.8 Å². The molecule has 0 radical (unpaired) electrons. The Balaban J connectivity index is 3.06. The maximum Gasteiger partial charge on any atom is 0.321 e. The van der Waals surface area contributed by atoms with Crippen LogP contribution in [0.3, 0.4) is 0 Å². The average molecular weight is 303 g/mol. The van der Waals surface area contributed by atoms with Crippen molar-refractivity contribution in [2.75, 3.05) is 0 Å². The van der Waals surface area contributed by atoms with Crippen molar-refractivity contribution < 1.29 is 22.7 Å². The average Bonchev–Trinajstić information content (AvgIpc) is 2.25. The van der Waals surface area contributed by atoms with E-state index in [0.717, 1.165) is 6.07 Å². The minimum absolute atomic E-state index is 0.00745. The molecule has 0 amide bonds. The third-order valence-corrected chi connectivity index (χ3v) is 4.08. The monoisotopic (exact) mass is 303 g/mol. The summed E-state index contributed by atoms with van der Waals surface area (Å²) < 4.78 is 39.5. The lowest BCUT2D eigenvalue weighted by atomic mass is 10.1. The van der Waals surface area contributed by atoms with Crippen LogP contribution in [-0.2, 0) is 14.8 Å². The van der Waals surface area contributed by atoms with E-state index in [2.05, 4.69) is 4.72 Å². The van der Waals surface area contributed by atoms with Gasteiger partial charge in [-0.3, -0.25) is 4.79 Å². The zero-order chi connectivity index (χ0) is 15.5. The number of sulfonamides is 1. The molecule has 1 aromatic carbocycles. The summed E-state index contributed by atoms with van der Waals surface area (Å²) in [7, 11) is -4.07. The topological polar surface area (TPSA) is 83.5 Å². The number of carboxylic acids is 1. The Kier molecular flexibility index (Phi) is 5.24. The molecule has 0 fully saturated rings. The van der Waals surface area contributed by atoms with Gasteiger partial charge in [0.15, 0.2) is 0 Å². The van der Waals surface area contributed by atoms with E-state index in [1.54, 1.807) is 20.8 Å². The van der Waals surface area contributed by atoms with E-state index in [0.29, 0.717) is 5.56 Å². The van der Waals surface area contributed by atoms with Gasteiger partial charge in [-0.1, -0.05) is 13.8 Å². The van der Waals surface area contributed by atoms with Gasteiger partial charge in [0.05, 0.1) is 4.90 Å². The quantitative estimate of drug-likeness (QED) is 0.841. The second kappa shape index (κ2) is 6.32. The Morgan fingerprint density at radius 2 is 1.95 bits per heavy atom. The van der Waals surface area contributed by atoms with Crippen LogP contribution in [0.25, 0.3) is 0 Å². The summed E-state index contributed by atoms with van der Waals surface area (Å²) in [6.07, 6.45) is 0.156. The summed E-state index contributed by atoms with van der Waals surface area (Å²) in [5.74, 6) is -1.93. The highest BCUT2D eigenvalue weighted by molar-refractivity contribution is 7.89. The van der Waals surface area contributed by atoms with Gasteiger partial charge >= 0.3 is 5.97 Å². The predicted octanol–water partition coefficient (Wildman–Crippen LogP) is 1.91. The fourth-order valence-electron chi connectivity index (χ4n) is 1.78. The van der Waals surface area contributed by atoms with E-state index in [1.807, 2.05) is 0 Å². The number of carboxylic acid groups (broad SMARTS) is 1. The molecule has 5 nitrogen and oxygen atoms in total. The molecular weight excluding hydrogens is 285 g/mol. The summed E-state index contributed by atoms with van der Waals surface area (Å²) in [6.45, 7) is 5.14. The molecular formula is C13H18FNO4S. The lowest BCUT2D eigenvalue weighted by molar-refractivity contribution is -0.139. The highest BCUT2D eigenvalue weighted by atomic mass is 32.2. The van der Waals surface area contributed by atoms with Crippen LogP contribution in [-0.4, -0.2) is 25.5 Å². The maximum absolute atomic E-state index is 13.3. The summed E-state index contributed by atoms with van der Waals surface area (Å²) in [4.78, 5) is 10.8. The summed E-state index contributed by atoms with van der Waals surface area (Å²) in [6, 6.07) is 2.12. The number of rotatable bonds is 6. The lowest BCUT2D eigenvalue weighted by Gasteiger charge is -2.16. The van der Waals surface area contributed by atoms with Crippen molar-refractivity contribution in [2.24, 2.45) is 5.92 Å². The van der Waals surface area contributed by atoms with Gasteiger partial charge in [0.2, 0.25) is 10.0 Å². The van der Waals surface area contributed by atoms with Crippen LogP contribution in [0.15, 0.2) is 23.1 Å². The first-order valence-corrected chi connectivity index (χ1v) is 7.62. The van der Waals surface area contributed by atoms with E-state index >= 15 is 0 Å². The molecule has 0 spiro atoms. The first-order valence-electron chi connectivity index (χ1n) is 6.14. The Labute approximate surface area is 117 Å². The van der Waals surface area contributed by atoms with Crippen molar-refractivity contribution in [1.82, 2.24) is 4.72 Å².